The smallest absolute Gasteiger partial charge is 0.176 e. The van der Waals surface area contributed by atoms with E-state index in [0.717, 1.165) is 29.4 Å². The Morgan fingerprint density at radius 3 is 2.70 bits per heavy atom. The Morgan fingerprint density at radius 2 is 2.00 bits per heavy atom. The average molecular weight is 274 g/mol. The quantitative estimate of drug-likeness (QED) is 0.788. The molecule has 1 aromatic heterocycles. The standard InChI is InChI=1S/C16H22N2O2/c1-4-9-18-15(16(19-2)20-3)13-8-7-12-6-5-10-17-14(12)11-13/h5-8,10-11,15-16,18H,4,9H2,1-3H3. The van der Waals surface area contributed by atoms with Crippen LogP contribution >= 0.6 is 0 Å². The molecule has 1 unspecified atom stereocenters. The molecular formula is C16H22N2O2. The Bertz CT molecular complexity index is 541. The lowest BCUT2D eigenvalue weighted by molar-refractivity contribution is -0.124. The van der Waals surface area contributed by atoms with Gasteiger partial charge >= 0.3 is 0 Å². The fourth-order valence-electron chi connectivity index (χ4n) is 2.32. The number of ether oxygens (including phenoxy) is 2. The molecule has 4 heteroatoms. The molecule has 4 nitrogen and oxygen atoms in total. The van der Waals surface area contributed by atoms with Gasteiger partial charge in [0.25, 0.3) is 0 Å². The van der Waals surface area contributed by atoms with E-state index in [0.29, 0.717) is 0 Å². The molecule has 0 radical (unpaired) electrons. The number of fused-ring (bicyclic) bond motifs is 1. The molecule has 20 heavy (non-hydrogen) atoms. The fourth-order valence-corrected chi connectivity index (χ4v) is 2.32. The van der Waals surface area contributed by atoms with Gasteiger partial charge in [0.05, 0.1) is 11.6 Å². The van der Waals surface area contributed by atoms with Crippen molar-refractivity contribution in [3.63, 3.8) is 0 Å². The molecule has 1 N–H and O–H groups in total. The van der Waals surface area contributed by atoms with Gasteiger partial charge in [-0.15, -0.1) is 0 Å². The van der Waals surface area contributed by atoms with Crippen molar-refractivity contribution in [2.75, 3.05) is 20.8 Å². The Labute approximate surface area is 120 Å². The molecule has 0 spiro atoms. The second-order valence-electron chi connectivity index (χ2n) is 4.73. The van der Waals surface area contributed by atoms with Crippen molar-refractivity contribution in [2.24, 2.45) is 0 Å². The minimum absolute atomic E-state index is 0.00337. The van der Waals surface area contributed by atoms with Gasteiger partial charge in [-0.1, -0.05) is 25.1 Å². The lowest BCUT2D eigenvalue weighted by Gasteiger charge is -2.26. The molecular weight excluding hydrogens is 252 g/mol. The summed E-state index contributed by atoms with van der Waals surface area (Å²) >= 11 is 0. The van der Waals surface area contributed by atoms with Gasteiger partial charge in [0.2, 0.25) is 0 Å². The molecule has 0 aliphatic rings. The van der Waals surface area contributed by atoms with Crippen LogP contribution in [0.1, 0.15) is 24.9 Å². The largest absolute Gasteiger partial charge is 0.354 e. The maximum absolute atomic E-state index is 5.42. The zero-order chi connectivity index (χ0) is 14.4. The third-order valence-electron chi connectivity index (χ3n) is 3.34. The maximum atomic E-state index is 5.42. The lowest BCUT2D eigenvalue weighted by atomic mass is 10.0. The number of nitrogens with one attached hydrogen (secondary N) is 1. The van der Waals surface area contributed by atoms with Crippen LogP contribution in [0.3, 0.4) is 0 Å². The van der Waals surface area contributed by atoms with Gasteiger partial charge in [-0.2, -0.15) is 0 Å². The van der Waals surface area contributed by atoms with Gasteiger partial charge in [0.15, 0.2) is 6.29 Å². The second-order valence-corrected chi connectivity index (χ2v) is 4.73. The molecule has 1 atom stereocenters. The van der Waals surface area contributed by atoms with Crippen molar-refractivity contribution >= 4 is 10.9 Å². The van der Waals surface area contributed by atoms with Crippen LogP contribution in [0.25, 0.3) is 10.9 Å². The van der Waals surface area contributed by atoms with E-state index in [1.807, 2.05) is 12.3 Å². The van der Waals surface area contributed by atoms with Gasteiger partial charge in [0.1, 0.15) is 0 Å². The van der Waals surface area contributed by atoms with Crippen molar-refractivity contribution in [1.82, 2.24) is 10.3 Å². The third-order valence-corrected chi connectivity index (χ3v) is 3.34. The summed E-state index contributed by atoms with van der Waals surface area (Å²) in [6.45, 7) is 3.05. The summed E-state index contributed by atoms with van der Waals surface area (Å²) in [7, 11) is 3.32. The molecule has 0 saturated carbocycles. The average Bonchev–Trinajstić information content (AvgIpc) is 2.51. The van der Waals surface area contributed by atoms with E-state index in [4.69, 9.17) is 9.47 Å². The second kappa shape index (κ2) is 7.33. The SMILES string of the molecule is CCCNC(c1ccc2cccnc2c1)C(OC)OC. The summed E-state index contributed by atoms with van der Waals surface area (Å²) < 4.78 is 10.8. The van der Waals surface area contributed by atoms with Crippen molar-refractivity contribution in [2.45, 2.75) is 25.7 Å². The van der Waals surface area contributed by atoms with Gasteiger partial charge in [-0.25, -0.2) is 0 Å². The van der Waals surface area contributed by atoms with Crippen LogP contribution < -0.4 is 5.32 Å². The lowest BCUT2D eigenvalue weighted by Crippen LogP contribution is -2.35. The Hall–Kier alpha value is -1.49. The van der Waals surface area contributed by atoms with Crippen molar-refractivity contribution in [3.8, 4) is 0 Å². The van der Waals surface area contributed by atoms with Crippen LogP contribution in [0.15, 0.2) is 36.5 Å². The van der Waals surface area contributed by atoms with E-state index in [-0.39, 0.29) is 12.3 Å². The summed E-state index contributed by atoms with van der Waals surface area (Å²) in [4.78, 5) is 4.41. The number of hydrogen-bond acceptors (Lipinski definition) is 4. The maximum Gasteiger partial charge on any atom is 0.176 e. The number of rotatable bonds is 7. The van der Waals surface area contributed by atoms with E-state index in [1.54, 1.807) is 14.2 Å². The molecule has 0 fully saturated rings. The summed E-state index contributed by atoms with van der Waals surface area (Å²) in [5.74, 6) is 0. The van der Waals surface area contributed by atoms with E-state index >= 15 is 0 Å². The summed E-state index contributed by atoms with van der Waals surface area (Å²) in [6, 6.07) is 10.3. The van der Waals surface area contributed by atoms with Crippen LogP contribution in [-0.4, -0.2) is 32.0 Å². The number of methoxy groups -OCH3 is 2. The number of pyridine rings is 1. The zero-order valence-corrected chi connectivity index (χ0v) is 12.3. The predicted molar refractivity (Wildman–Crippen MR) is 80.6 cm³/mol. The summed E-state index contributed by atoms with van der Waals surface area (Å²) in [5.41, 5.74) is 2.11. The normalized spacial score (nSPS) is 13.0. The molecule has 2 rings (SSSR count). The molecule has 0 amide bonds. The molecule has 108 valence electrons. The van der Waals surface area contributed by atoms with Gasteiger partial charge in [-0.05, 0) is 30.7 Å². The fraction of sp³-hybridized carbons (Fsp3) is 0.438. The first kappa shape index (κ1) is 14.9. The zero-order valence-electron chi connectivity index (χ0n) is 12.3. The Balaban J connectivity index is 2.33. The first-order valence-electron chi connectivity index (χ1n) is 6.93. The molecule has 0 aliphatic carbocycles. The molecule has 0 aliphatic heterocycles. The highest BCUT2D eigenvalue weighted by molar-refractivity contribution is 5.79. The number of hydrogen-bond donors (Lipinski definition) is 1. The van der Waals surface area contributed by atoms with Crippen LogP contribution in [0.5, 0.6) is 0 Å². The van der Waals surface area contributed by atoms with Gasteiger partial charge in [-0.3, -0.25) is 4.98 Å². The minimum Gasteiger partial charge on any atom is -0.354 e. The highest BCUT2D eigenvalue weighted by atomic mass is 16.7. The Morgan fingerprint density at radius 1 is 1.20 bits per heavy atom. The van der Waals surface area contributed by atoms with Crippen molar-refractivity contribution < 1.29 is 9.47 Å². The summed E-state index contributed by atoms with van der Waals surface area (Å²) in [5, 5.41) is 4.61. The molecule has 1 aromatic carbocycles. The molecule has 2 aromatic rings. The number of benzene rings is 1. The molecule has 1 heterocycles. The van der Waals surface area contributed by atoms with Gasteiger partial charge < -0.3 is 14.8 Å². The Kier molecular flexibility index (Phi) is 5.47. The minimum atomic E-state index is -0.317. The highest BCUT2D eigenvalue weighted by Crippen LogP contribution is 2.23. The van der Waals surface area contributed by atoms with E-state index < -0.39 is 0 Å². The number of aromatic nitrogens is 1. The summed E-state index contributed by atoms with van der Waals surface area (Å²) in [6.07, 6.45) is 2.55. The highest BCUT2D eigenvalue weighted by Gasteiger charge is 2.22. The van der Waals surface area contributed by atoms with Crippen LogP contribution in [0.2, 0.25) is 0 Å². The molecule has 0 bridgehead atoms. The van der Waals surface area contributed by atoms with E-state index in [2.05, 4.69) is 41.5 Å². The first-order chi connectivity index (χ1) is 9.80. The predicted octanol–water partition coefficient (Wildman–Crippen LogP) is 2.89. The topological polar surface area (TPSA) is 43.4 Å². The monoisotopic (exact) mass is 274 g/mol. The van der Waals surface area contributed by atoms with Gasteiger partial charge in [0, 0.05) is 25.8 Å². The van der Waals surface area contributed by atoms with Crippen molar-refractivity contribution in [3.05, 3.63) is 42.1 Å². The van der Waals surface area contributed by atoms with Crippen molar-refractivity contribution in [1.29, 1.82) is 0 Å². The van der Waals surface area contributed by atoms with Crippen LogP contribution in [0.4, 0.5) is 0 Å². The van der Waals surface area contributed by atoms with E-state index in [9.17, 15) is 0 Å². The first-order valence-corrected chi connectivity index (χ1v) is 6.93. The third kappa shape index (κ3) is 3.33. The van der Waals surface area contributed by atoms with Crippen LogP contribution in [-0.2, 0) is 9.47 Å². The number of nitrogens with zero attached hydrogens (tertiary/aromatic N) is 1. The molecule has 0 saturated heterocycles. The van der Waals surface area contributed by atoms with E-state index in [1.165, 1.54) is 0 Å². The van der Waals surface area contributed by atoms with Crippen LogP contribution in [0, 0.1) is 0 Å².